The van der Waals surface area contributed by atoms with Gasteiger partial charge in [0.2, 0.25) is 0 Å². The van der Waals surface area contributed by atoms with E-state index in [-0.39, 0.29) is 0 Å². The van der Waals surface area contributed by atoms with Crippen LogP contribution in [0.15, 0.2) is 34.7 Å². The Kier molecular flexibility index (Phi) is 4.12. The van der Waals surface area contributed by atoms with Gasteiger partial charge in [-0.1, -0.05) is 6.07 Å². The van der Waals surface area contributed by atoms with Crippen LogP contribution in [0.1, 0.15) is 17.1 Å². The number of hydrogen-bond donors (Lipinski definition) is 1. The molecule has 2 aromatic rings. The number of anilines is 1. The molecule has 1 aromatic carbocycles. The van der Waals surface area contributed by atoms with Crippen LogP contribution in [-0.2, 0) is 13.1 Å². The predicted octanol–water partition coefficient (Wildman–Crippen LogP) is 2.69. The second-order valence-electron chi connectivity index (χ2n) is 4.56. The fraction of sp³-hybridized carbons (Fsp3) is 0.333. The number of rotatable bonds is 5. The van der Waals surface area contributed by atoms with Gasteiger partial charge in [-0.15, -0.1) is 0 Å². The quantitative estimate of drug-likeness (QED) is 0.898. The van der Waals surface area contributed by atoms with Gasteiger partial charge in [-0.05, 0) is 25.1 Å². The standard InChI is InChI=1S/C15H20N2O2/c1-11-12(7-15(9-16)19-11)10-17(2)13-5-4-6-14(8-13)18-3/h4-8H,9-10,16H2,1-3H3. The molecule has 4 heteroatoms. The lowest BCUT2D eigenvalue weighted by Gasteiger charge is -2.19. The number of benzene rings is 1. The van der Waals surface area contributed by atoms with Gasteiger partial charge in [-0.25, -0.2) is 0 Å². The maximum atomic E-state index is 5.59. The van der Waals surface area contributed by atoms with Crippen molar-refractivity contribution in [1.29, 1.82) is 0 Å². The molecule has 0 fully saturated rings. The third-order valence-corrected chi connectivity index (χ3v) is 3.17. The van der Waals surface area contributed by atoms with Crippen LogP contribution >= 0.6 is 0 Å². The Bertz CT molecular complexity index is 549. The Morgan fingerprint density at radius 1 is 1.32 bits per heavy atom. The van der Waals surface area contributed by atoms with E-state index >= 15 is 0 Å². The number of aryl methyl sites for hydroxylation is 1. The van der Waals surface area contributed by atoms with Crippen molar-refractivity contribution in [3.05, 3.63) is 47.4 Å². The van der Waals surface area contributed by atoms with Crippen molar-refractivity contribution in [2.45, 2.75) is 20.0 Å². The van der Waals surface area contributed by atoms with Crippen molar-refractivity contribution in [2.75, 3.05) is 19.1 Å². The summed E-state index contributed by atoms with van der Waals surface area (Å²) in [5, 5.41) is 0. The molecular weight excluding hydrogens is 240 g/mol. The highest BCUT2D eigenvalue weighted by Crippen LogP contribution is 2.23. The van der Waals surface area contributed by atoms with Crippen LogP contribution in [0.3, 0.4) is 0 Å². The molecule has 2 rings (SSSR count). The molecule has 0 aliphatic carbocycles. The van der Waals surface area contributed by atoms with E-state index in [1.54, 1.807) is 7.11 Å². The molecule has 0 saturated carbocycles. The van der Waals surface area contributed by atoms with Crippen molar-refractivity contribution in [3.63, 3.8) is 0 Å². The second-order valence-corrected chi connectivity index (χ2v) is 4.56. The monoisotopic (exact) mass is 260 g/mol. The van der Waals surface area contributed by atoms with Gasteiger partial charge in [0.15, 0.2) is 0 Å². The molecule has 2 N–H and O–H groups in total. The van der Waals surface area contributed by atoms with E-state index < -0.39 is 0 Å². The maximum Gasteiger partial charge on any atom is 0.120 e. The number of methoxy groups -OCH3 is 1. The van der Waals surface area contributed by atoms with Crippen molar-refractivity contribution < 1.29 is 9.15 Å². The molecule has 0 atom stereocenters. The smallest absolute Gasteiger partial charge is 0.120 e. The lowest BCUT2D eigenvalue weighted by atomic mass is 10.2. The number of hydrogen-bond acceptors (Lipinski definition) is 4. The summed E-state index contributed by atoms with van der Waals surface area (Å²) in [5.41, 5.74) is 7.85. The van der Waals surface area contributed by atoms with Gasteiger partial charge in [0.25, 0.3) is 0 Å². The van der Waals surface area contributed by atoms with E-state index in [9.17, 15) is 0 Å². The van der Waals surface area contributed by atoms with E-state index in [0.717, 1.165) is 35.1 Å². The molecule has 1 aromatic heterocycles. The zero-order valence-corrected chi connectivity index (χ0v) is 11.6. The zero-order valence-electron chi connectivity index (χ0n) is 11.6. The van der Waals surface area contributed by atoms with Crippen molar-refractivity contribution in [3.8, 4) is 5.75 Å². The first-order chi connectivity index (χ1) is 9.13. The highest BCUT2D eigenvalue weighted by atomic mass is 16.5. The molecule has 1 heterocycles. The fourth-order valence-corrected chi connectivity index (χ4v) is 2.04. The summed E-state index contributed by atoms with van der Waals surface area (Å²) in [6.07, 6.45) is 0. The number of furan rings is 1. The summed E-state index contributed by atoms with van der Waals surface area (Å²) in [5.74, 6) is 2.61. The fourth-order valence-electron chi connectivity index (χ4n) is 2.04. The van der Waals surface area contributed by atoms with Crippen LogP contribution in [0.5, 0.6) is 5.75 Å². The van der Waals surface area contributed by atoms with Gasteiger partial charge in [-0.2, -0.15) is 0 Å². The zero-order chi connectivity index (χ0) is 13.8. The van der Waals surface area contributed by atoms with Crippen LogP contribution in [0.2, 0.25) is 0 Å². The SMILES string of the molecule is COc1cccc(N(C)Cc2cc(CN)oc2C)c1. The summed E-state index contributed by atoms with van der Waals surface area (Å²) in [4.78, 5) is 2.15. The largest absolute Gasteiger partial charge is 0.497 e. The minimum atomic E-state index is 0.434. The second kappa shape index (κ2) is 5.80. The molecule has 4 nitrogen and oxygen atoms in total. The average molecular weight is 260 g/mol. The van der Waals surface area contributed by atoms with Gasteiger partial charge in [0, 0.05) is 30.9 Å². The van der Waals surface area contributed by atoms with E-state index in [2.05, 4.69) is 11.0 Å². The third kappa shape index (κ3) is 3.09. The highest BCUT2D eigenvalue weighted by molar-refractivity contribution is 5.50. The van der Waals surface area contributed by atoms with Gasteiger partial charge >= 0.3 is 0 Å². The summed E-state index contributed by atoms with van der Waals surface area (Å²) in [6, 6.07) is 10.0. The molecule has 0 saturated heterocycles. The maximum absolute atomic E-state index is 5.59. The van der Waals surface area contributed by atoms with Gasteiger partial charge in [0.1, 0.15) is 17.3 Å². The summed E-state index contributed by atoms with van der Waals surface area (Å²) in [7, 11) is 3.72. The Hall–Kier alpha value is -1.94. The molecule has 0 unspecified atom stereocenters. The van der Waals surface area contributed by atoms with Gasteiger partial charge in [-0.3, -0.25) is 0 Å². The van der Waals surface area contributed by atoms with Crippen molar-refractivity contribution >= 4 is 5.69 Å². The van der Waals surface area contributed by atoms with E-state index in [4.69, 9.17) is 14.9 Å². The summed E-state index contributed by atoms with van der Waals surface area (Å²) < 4.78 is 10.8. The normalized spacial score (nSPS) is 10.5. The van der Waals surface area contributed by atoms with Crippen molar-refractivity contribution in [1.82, 2.24) is 0 Å². The molecule has 0 amide bonds. The van der Waals surface area contributed by atoms with Crippen LogP contribution in [-0.4, -0.2) is 14.2 Å². The van der Waals surface area contributed by atoms with Crippen LogP contribution in [0.25, 0.3) is 0 Å². The Morgan fingerprint density at radius 3 is 2.74 bits per heavy atom. The van der Waals surface area contributed by atoms with Crippen LogP contribution < -0.4 is 15.4 Å². The number of nitrogens with two attached hydrogens (primary N) is 1. The van der Waals surface area contributed by atoms with Crippen LogP contribution in [0, 0.1) is 6.92 Å². The first kappa shape index (κ1) is 13.5. The topological polar surface area (TPSA) is 51.6 Å². The predicted molar refractivity (Wildman–Crippen MR) is 76.4 cm³/mol. The molecule has 19 heavy (non-hydrogen) atoms. The third-order valence-electron chi connectivity index (χ3n) is 3.17. The first-order valence-corrected chi connectivity index (χ1v) is 6.27. The molecular formula is C15H20N2O2. The summed E-state index contributed by atoms with van der Waals surface area (Å²) >= 11 is 0. The Labute approximate surface area is 113 Å². The van der Waals surface area contributed by atoms with Gasteiger partial charge in [0.05, 0.1) is 13.7 Å². The van der Waals surface area contributed by atoms with E-state index in [0.29, 0.717) is 6.54 Å². The highest BCUT2D eigenvalue weighted by Gasteiger charge is 2.10. The minimum absolute atomic E-state index is 0.434. The molecule has 0 aliphatic heterocycles. The molecule has 0 radical (unpaired) electrons. The molecule has 0 spiro atoms. The number of ether oxygens (including phenoxy) is 1. The van der Waals surface area contributed by atoms with E-state index in [1.165, 1.54) is 0 Å². The minimum Gasteiger partial charge on any atom is -0.497 e. The average Bonchev–Trinajstić information content (AvgIpc) is 2.79. The van der Waals surface area contributed by atoms with Crippen LogP contribution in [0.4, 0.5) is 5.69 Å². The summed E-state index contributed by atoms with van der Waals surface area (Å²) in [6.45, 7) is 3.18. The van der Waals surface area contributed by atoms with E-state index in [1.807, 2.05) is 38.2 Å². The Balaban J connectivity index is 2.15. The Morgan fingerprint density at radius 2 is 2.11 bits per heavy atom. The lowest BCUT2D eigenvalue weighted by Crippen LogP contribution is -2.16. The number of nitrogens with zero attached hydrogens (tertiary/aromatic N) is 1. The molecule has 102 valence electrons. The first-order valence-electron chi connectivity index (χ1n) is 6.27. The lowest BCUT2D eigenvalue weighted by molar-refractivity contribution is 0.415. The molecule has 0 aliphatic rings. The van der Waals surface area contributed by atoms with Gasteiger partial charge < -0.3 is 19.8 Å². The molecule has 0 bridgehead atoms. The van der Waals surface area contributed by atoms with Crippen molar-refractivity contribution in [2.24, 2.45) is 5.73 Å².